The van der Waals surface area contributed by atoms with E-state index in [0.29, 0.717) is 6.04 Å². The number of likely N-dealkylation sites (tertiary alicyclic amines) is 1. The van der Waals surface area contributed by atoms with E-state index in [1.165, 1.54) is 25.9 Å². The Kier molecular flexibility index (Phi) is 4.55. The van der Waals surface area contributed by atoms with Crippen molar-refractivity contribution in [2.45, 2.75) is 32.4 Å². The Labute approximate surface area is 109 Å². The second kappa shape index (κ2) is 6.16. The van der Waals surface area contributed by atoms with Crippen molar-refractivity contribution in [3.63, 3.8) is 0 Å². The van der Waals surface area contributed by atoms with Crippen LogP contribution in [-0.2, 0) is 13.6 Å². The third-order valence-corrected chi connectivity index (χ3v) is 3.55. The van der Waals surface area contributed by atoms with Gasteiger partial charge in [-0.1, -0.05) is 0 Å². The van der Waals surface area contributed by atoms with Crippen molar-refractivity contribution < 1.29 is 0 Å². The van der Waals surface area contributed by atoms with Crippen LogP contribution in [0.15, 0.2) is 23.1 Å². The highest BCUT2D eigenvalue weighted by Crippen LogP contribution is 2.07. The highest BCUT2D eigenvalue weighted by atomic mass is 16.1. The van der Waals surface area contributed by atoms with E-state index in [1.807, 2.05) is 12.3 Å². The summed E-state index contributed by atoms with van der Waals surface area (Å²) in [6, 6.07) is 4.17. The average molecular weight is 249 g/mol. The molecule has 4 heteroatoms. The second-order valence-corrected chi connectivity index (χ2v) is 5.27. The lowest BCUT2D eigenvalue weighted by Crippen LogP contribution is -2.37. The van der Waals surface area contributed by atoms with Gasteiger partial charge in [0.25, 0.3) is 5.56 Å². The maximum Gasteiger partial charge on any atom is 0.250 e. The molecule has 1 aliphatic heterocycles. The van der Waals surface area contributed by atoms with Gasteiger partial charge in [-0.3, -0.25) is 4.79 Å². The van der Waals surface area contributed by atoms with Crippen molar-refractivity contribution in [1.82, 2.24) is 14.8 Å². The lowest BCUT2D eigenvalue weighted by Gasteiger charge is -2.21. The molecule has 1 N–H and O–H groups in total. The molecule has 0 aliphatic carbocycles. The monoisotopic (exact) mass is 249 g/mol. The summed E-state index contributed by atoms with van der Waals surface area (Å²) in [4.78, 5) is 14.0. The zero-order chi connectivity index (χ0) is 13.0. The first-order chi connectivity index (χ1) is 8.65. The van der Waals surface area contributed by atoms with Gasteiger partial charge in [-0.2, -0.15) is 0 Å². The van der Waals surface area contributed by atoms with Crippen LogP contribution in [0.4, 0.5) is 0 Å². The van der Waals surface area contributed by atoms with Crippen LogP contribution in [0, 0.1) is 0 Å². The number of hydrogen-bond donors (Lipinski definition) is 1. The van der Waals surface area contributed by atoms with E-state index in [0.717, 1.165) is 18.7 Å². The van der Waals surface area contributed by atoms with E-state index < -0.39 is 0 Å². The number of aryl methyl sites for hydroxylation is 1. The molecular weight excluding hydrogens is 226 g/mol. The first-order valence-corrected chi connectivity index (χ1v) is 6.76. The van der Waals surface area contributed by atoms with E-state index in [4.69, 9.17) is 0 Å². The van der Waals surface area contributed by atoms with Crippen LogP contribution in [0.1, 0.15) is 25.3 Å². The van der Waals surface area contributed by atoms with Crippen molar-refractivity contribution in [3.8, 4) is 0 Å². The predicted molar refractivity (Wildman–Crippen MR) is 73.7 cm³/mol. The number of nitrogens with zero attached hydrogens (tertiary/aromatic N) is 2. The van der Waals surface area contributed by atoms with Crippen LogP contribution in [0.3, 0.4) is 0 Å². The van der Waals surface area contributed by atoms with Crippen LogP contribution in [0.5, 0.6) is 0 Å². The molecule has 1 aromatic heterocycles. The average Bonchev–Trinajstić information content (AvgIpc) is 2.83. The van der Waals surface area contributed by atoms with Gasteiger partial charge < -0.3 is 14.8 Å². The minimum atomic E-state index is 0.0569. The van der Waals surface area contributed by atoms with Gasteiger partial charge in [0, 0.05) is 38.4 Å². The molecule has 1 atom stereocenters. The fourth-order valence-corrected chi connectivity index (χ4v) is 2.41. The van der Waals surface area contributed by atoms with Gasteiger partial charge in [-0.15, -0.1) is 0 Å². The Morgan fingerprint density at radius 1 is 1.39 bits per heavy atom. The van der Waals surface area contributed by atoms with Crippen molar-refractivity contribution in [2.75, 3.05) is 19.6 Å². The Morgan fingerprint density at radius 2 is 2.11 bits per heavy atom. The van der Waals surface area contributed by atoms with E-state index in [9.17, 15) is 4.79 Å². The van der Waals surface area contributed by atoms with Gasteiger partial charge in [-0.25, -0.2) is 0 Å². The van der Waals surface area contributed by atoms with Crippen LogP contribution < -0.4 is 10.9 Å². The van der Waals surface area contributed by atoms with Gasteiger partial charge in [0.05, 0.1) is 0 Å². The van der Waals surface area contributed by atoms with Crippen LogP contribution in [0.2, 0.25) is 0 Å². The lowest BCUT2D eigenvalue weighted by molar-refractivity contribution is 0.298. The minimum Gasteiger partial charge on any atom is -0.319 e. The molecule has 0 radical (unpaired) electrons. The molecule has 2 rings (SSSR count). The molecule has 0 spiro atoms. The smallest absolute Gasteiger partial charge is 0.250 e. The maximum atomic E-state index is 11.5. The largest absolute Gasteiger partial charge is 0.319 e. The molecule has 2 heterocycles. The van der Waals surface area contributed by atoms with Gasteiger partial charge in [0.1, 0.15) is 0 Å². The van der Waals surface area contributed by atoms with Gasteiger partial charge in [0.2, 0.25) is 0 Å². The summed E-state index contributed by atoms with van der Waals surface area (Å²) >= 11 is 0. The molecule has 1 aliphatic rings. The maximum absolute atomic E-state index is 11.5. The zero-order valence-corrected chi connectivity index (χ0v) is 11.4. The predicted octanol–water partition coefficient (Wildman–Crippen LogP) is 0.959. The van der Waals surface area contributed by atoms with E-state index in [1.54, 1.807) is 17.7 Å². The number of rotatable bonds is 5. The Hall–Kier alpha value is -1.13. The Morgan fingerprint density at radius 3 is 2.78 bits per heavy atom. The SMILES string of the molecule is CC(CN1CCCC1)NCc1ccn(C)c(=O)c1. The van der Waals surface area contributed by atoms with Crippen molar-refractivity contribution in [3.05, 3.63) is 34.2 Å². The Balaban J connectivity index is 1.79. The summed E-state index contributed by atoms with van der Waals surface area (Å²) in [5.74, 6) is 0. The van der Waals surface area contributed by atoms with Gasteiger partial charge in [0.15, 0.2) is 0 Å². The number of pyridine rings is 1. The highest BCUT2D eigenvalue weighted by Gasteiger charge is 2.14. The van der Waals surface area contributed by atoms with Crippen molar-refractivity contribution >= 4 is 0 Å². The number of aromatic nitrogens is 1. The summed E-state index contributed by atoms with van der Waals surface area (Å²) in [6.45, 7) is 6.55. The van der Waals surface area contributed by atoms with Crippen LogP contribution >= 0.6 is 0 Å². The summed E-state index contributed by atoms with van der Waals surface area (Å²) in [7, 11) is 1.77. The summed E-state index contributed by atoms with van der Waals surface area (Å²) in [5.41, 5.74) is 1.12. The Bertz CT molecular complexity index is 435. The summed E-state index contributed by atoms with van der Waals surface area (Å²) in [5, 5.41) is 3.48. The van der Waals surface area contributed by atoms with Crippen LogP contribution in [-0.4, -0.2) is 35.1 Å². The molecule has 1 aromatic rings. The molecule has 0 amide bonds. The van der Waals surface area contributed by atoms with Crippen LogP contribution in [0.25, 0.3) is 0 Å². The third-order valence-electron chi connectivity index (χ3n) is 3.55. The molecule has 0 bridgehead atoms. The van der Waals surface area contributed by atoms with Crippen molar-refractivity contribution in [1.29, 1.82) is 0 Å². The fourth-order valence-electron chi connectivity index (χ4n) is 2.41. The summed E-state index contributed by atoms with van der Waals surface area (Å²) < 4.78 is 1.59. The first kappa shape index (κ1) is 13.3. The number of nitrogens with one attached hydrogen (secondary N) is 1. The molecule has 0 aromatic carbocycles. The normalized spacial score (nSPS) is 18.1. The molecule has 1 fully saturated rings. The van der Waals surface area contributed by atoms with E-state index in [2.05, 4.69) is 17.1 Å². The molecule has 1 unspecified atom stereocenters. The standard InChI is InChI=1S/C14H23N3O/c1-12(11-17-6-3-4-7-17)15-10-13-5-8-16(2)14(18)9-13/h5,8-9,12,15H,3-4,6-7,10-11H2,1-2H3. The minimum absolute atomic E-state index is 0.0569. The molecule has 18 heavy (non-hydrogen) atoms. The lowest BCUT2D eigenvalue weighted by atomic mass is 10.2. The van der Waals surface area contributed by atoms with E-state index >= 15 is 0 Å². The summed E-state index contributed by atoms with van der Waals surface area (Å²) in [6.07, 6.45) is 4.49. The molecule has 0 saturated carbocycles. The van der Waals surface area contributed by atoms with Gasteiger partial charge in [-0.05, 0) is 44.5 Å². The highest BCUT2D eigenvalue weighted by molar-refractivity contribution is 5.10. The van der Waals surface area contributed by atoms with Gasteiger partial charge >= 0.3 is 0 Å². The third kappa shape index (κ3) is 3.68. The number of hydrogen-bond acceptors (Lipinski definition) is 3. The fraction of sp³-hybridized carbons (Fsp3) is 0.643. The zero-order valence-electron chi connectivity index (χ0n) is 11.4. The molecule has 100 valence electrons. The molecule has 1 saturated heterocycles. The first-order valence-electron chi connectivity index (χ1n) is 6.76. The molecular formula is C14H23N3O. The topological polar surface area (TPSA) is 37.3 Å². The quantitative estimate of drug-likeness (QED) is 0.844. The van der Waals surface area contributed by atoms with E-state index in [-0.39, 0.29) is 5.56 Å². The molecule has 4 nitrogen and oxygen atoms in total. The second-order valence-electron chi connectivity index (χ2n) is 5.27. The van der Waals surface area contributed by atoms with Crippen molar-refractivity contribution in [2.24, 2.45) is 7.05 Å².